The average molecular weight is 259 g/mol. The van der Waals surface area contributed by atoms with Crippen molar-refractivity contribution in [2.24, 2.45) is 0 Å². The fourth-order valence-electron chi connectivity index (χ4n) is 1.70. The number of aryl methyl sites for hydroxylation is 1. The van der Waals surface area contributed by atoms with Crippen LogP contribution >= 0.6 is 0 Å². The van der Waals surface area contributed by atoms with Gasteiger partial charge in [-0.05, 0) is 31.0 Å². The predicted molar refractivity (Wildman–Crippen MR) is 74.1 cm³/mol. The van der Waals surface area contributed by atoms with Crippen LogP contribution in [0.3, 0.4) is 0 Å². The smallest absolute Gasteiger partial charge is 0.349 e. The Morgan fingerprint density at radius 1 is 1.16 bits per heavy atom. The highest BCUT2D eigenvalue weighted by Crippen LogP contribution is 2.08. The summed E-state index contributed by atoms with van der Waals surface area (Å²) in [6.45, 7) is 1.27. The van der Waals surface area contributed by atoms with Gasteiger partial charge >= 0.3 is 5.69 Å². The minimum absolute atomic E-state index is 0.258. The third-order valence-corrected chi connectivity index (χ3v) is 2.70. The fourth-order valence-corrected chi connectivity index (χ4v) is 1.70. The molecule has 0 saturated heterocycles. The number of hydrogen-bond acceptors (Lipinski definition) is 4. The van der Waals surface area contributed by atoms with Gasteiger partial charge in [-0.1, -0.05) is 18.2 Å². The van der Waals surface area contributed by atoms with Crippen LogP contribution in [0.4, 0.5) is 5.82 Å². The molecule has 0 amide bonds. The first-order chi connectivity index (χ1) is 9.25. The van der Waals surface area contributed by atoms with Crippen LogP contribution in [0, 0.1) is 0 Å². The van der Waals surface area contributed by atoms with Crippen LogP contribution in [0.1, 0.15) is 12.8 Å². The molecule has 0 bridgehead atoms. The van der Waals surface area contributed by atoms with E-state index in [-0.39, 0.29) is 11.5 Å². The molecule has 19 heavy (non-hydrogen) atoms. The van der Waals surface area contributed by atoms with Crippen LogP contribution in [-0.2, 0) is 6.54 Å². The molecule has 2 aromatic rings. The van der Waals surface area contributed by atoms with Gasteiger partial charge in [0.25, 0.3) is 0 Å². The highest BCUT2D eigenvalue weighted by atomic mass is 16.5. The number of hydrogen-bond donors (Lipinski definition) is 1. The van der Waals surface area contributed by atoms with Gasteiger partial charge in [-0.25, -0.2) is 4.79 Å². The van der Waals surface area contributed by atoms with Gasteiger partial charge in [0.1, 0.15) is 11.6 Å². The molecule has 0 aliphatic rings. The van der Waals surface area contributed by atoms with Crippen molar-refractivity contribution in [3.8, 4) is 5.75 Å². The quantitative estimate of drug-likeness (QED) is 0.801. The number of unbranched alkanes of at least 4 members (excludes halogenated alkanes) is 1. The second-order valence-electron chi connectivity index (χ2n) is 4.20. The number of nitrogen functional groups attached to an aromatic ring is 1. The summed E-state index contributed by atoms with van der Waals surface area (Å²) in [5.74, 6) is 1.13. The van der Waals surface area contributed by atoms with Crippen molar-refractivity contribution in [2.75, 3.05) is 12.3 Å². The zero-order valence-corrected chi connectivity index (χ0v) is 10.7. The Hall–Kier alpha value is -2.30. The summed E-state index contributed by atoms with van der Waals surface area (Å²) in [5, 5.41) is 0. The minimum Gasteiger partial charge on any atom is -0.494 e. The summed E-state index contributed by atoms with van der Waals surface area (Å²) >= 11 is 0. The van der Waals surface area contributed by atoms with Gasteiger partial charge in [-0.3, -0.25) is 4.57 Å². The number of ether oxygens (including phenoxy) is 1. The summed E-state index contributed by atoms with van der Waals surface area (Å²) in [4.78, 5) is 15.1. The largest absolute Gasteiger partial charge is 0.494 e. The van der Waals surface area contributed by atoms with Crippen molar-refractivity contribution in [3.05, 3.63) is 53.1 Å². The molecule has 0 saturated carbocycles. The van der Waals surface area contributed by atoms with Crippen molar-refractivity contribution >= 4 is 5.82 Å². The van der Waals surface area contributed by atoms with E-state index in [9.17, 15) is 4.79 Å². The monoisotopic (exact) mass is 259 g/mol. The normalized spacial score (nSPS) is 10.3. The van der Waals surface area contributed by atoms with Gasteiger partial charge in [0, 0.05) is 12.7 Å². The highest BCUT2D eigenvalue weighted by Gasteiger charge is 1.98. The zero-order chi connectivity index (χ0) is 13.5. The van der Waals surface area contributed by atoms with E-state index in [0.717, 1.165) is 18.6 Å². The first-order valence-electron chi connectivity index (χ1n) is 6.26. The lowest BCUT2D eigenvalue weighted by Crippen LogP contribution is -2.23. The van der Waals surface area contributed by atoms with E-state index in [0.29, 0.717) is 13.2 Å². The number of aromatic nitrogens is 2. The van der Waals surface area contributed by atoms with Crippen molar-refractivity contribution in [1.82, 2.24) is 9.55 Å². The molecule has 0 spiro atoms. The first-order valence-corrected chi connectivity index (χ1v) is 6.26. The summed E-state index contributed by atoms with van der Waals surface area (Å²) in [6.07, 6.45) is 3.41. The standard InChI is InChI=1S/C14H17N3O2/c15-13-8-10-17(14(18)16-13)9-4-5-11-19-12-6-2-1-3-7-12/h1-3,6-8,10H,4-5,9,11H2,(H2,15,16,18). The Labute approximate surface area is 111 Å². The van der Waals surface area contributed by atoms with E-state index in [4.69, 9.17) is 10.5 Å². The number of nitrogens with zero attached hydrogens (tertiary/aromatic N) is 2. The van der Waals surface area contributed by atoms with Crippen LogP contribution in [-0.4, -0.2) is 16.2 Å². The molecule has 1 aromatic heterocycles. The maximum absolute atomic E-state index is 11.5. The van der Waals surface area contributed by atoms with Crippen molar-refractivity contribution in [3.63, 3.8) is 0 Å². The maximum atomic E-state index is 11.5. The summed E-state index contributed by atoms with van der Waals surface area (Å²) in [7, 11) is 0. The number of benzene rings is 1. The fraction of sp³-hybridized carbons (Fsp3) is 0.286. The first kappa shape index (κ1) is 13.1. The Balaban J connectivity index is 1.71. The van der Waals surface area contributed by atoms with E-state index in [2.05, 4.69) is 4.98 Å². The maximum Gasteiger partial charge on any atom is 0.349 e. The van der Waals surface area contributed by atoms with E-state index in [1.807, 2.05) is 30.3 Å². The summed E-state index contributed by atoms with van der Waals surface area (Å²) in [6, 6.07) is 11.3. The lowest BCUT2D eigenvalue weighted by Gasteiger charge is -2.07. The molecule has 100 valence electrons. The number of rotatable bonds is 6. The predicted octanol–water partition coefficient (Wildman–Crippen LogP) is 1.68. The Bertz CT molecular complexity index is 566. The molecule has 5 heteroatoms. The zero-order valence-electron chi connectivity index (χ0n) is 10.7. The molecule has 5 nitrogen and oxygen atoms in total. The van der Waals surface area contributed by atoms with Gasteiger partial charge in [0.05, 0.1) is 6.61 Å². The van der Waals surface area contributed by atoms with Gasteiger partial charge in [-0.15, -0.1) is 0 Å². The van der Waals surface area contributed by atoms with E-state index in [1.165, 1.54) is 0 Å². The van der Waals surface area contributed by atoms with Gasteiger partial charge in [-0.2, -0.15) is 4.98 Å². The molecule has 2 rings (SSSR count). The van der Waals surface area contributed by atoms with E-state index >= 15 is 0 Å². The SMILES string of the molecule is Nc1ccn(CCCCOc2ccccc2)c(=O)n1. The molecule has 1 aromatic carbocycles. The number of nitrogens with two attached hydrogens (primary N) is 1. The van der Waals surface area contributed by atoms with Crippen LogP contribution < -0.4 is 16.2 Å². The van der Waals surface area contributed by atoms with Gasteiger partial charge in [0.15, 0.2) is 0 Å². The molecule has 0 aliphatic carbocycles. The van der Waals surface area contributed by atoms with Crippen molar-refractivity contribution in [1.29, 1.82) is 0 Å². The molecule has 0 unspecified atom stereocenters. The van der Waals surface area contributed by atoms with Crippen molar-refractivity contribution in [2.45, 2.75) is 19.4 Å². The second kappa shape index (κ2) is 6.58. The van der Waals surface area contributed by atoms with Crippen LogP contribution in [0.15, 0.2) is 47.4 Å². The van der Waals surface area contributed by atoms with Gasteiger partial charge in [0.2, 0.25) is 0 Å². The molecule has 0 radical (unpaired) electrons. The minimum atomic E-state index is -0.302. The summed E-state index contributed by atoms with van der Waals surface area (Å²) in [5.41, 5.74) is 5.12. The average Bonchev–Trinajstić information content (AvgIpc) is 2.42. The third kappa shape index (κ3) is 4.13. The molecule has 0 aliphatic heterocycles. The van der Waals surface area contributed by atoms with Crippen LogP contribution in [0.25, 0.3) is 0 Å². The second-order valence-corrected chi connectivity index (χ2v) is 4.20. The molecular formula is C14H17N3O2. The van der Waals surface area contributed by atoms with Crippen LogP contribution in [0.5, 0.6) is 5.75 Å². The number of para-hydroxylation sites is 1. The Morgan fingerprint density at radius 3 is 2.68 bits per heavy atom. The highest BCUT2D eigenvalue weighted by molar-refractivity contribution is 5.23. The van der Waals surface area contributed by atoms with Crippen LogP contribution in [0.2, 0.25) is 0 Å². The van der Waals surface area contributed by atoms with E-state index < -0.39 is 0 Å². The lowest BCUT2D eigenvalue weighted by atomic mass is 10.3. The lowest BCUT2D eigenvalue weighted by molar-refractivity contribution is 0.302. The molecule has 1 heterocycles. The number of anilines is 1. The molecular weight excluding hydrogens is 242 g/mol. The Kier molecular flexibility index (Phi) is 4.55. The third-order valence-electron chi connectivity index (χ3n) is 2.70. The van der Waals surface area contributed by atoms with E-state index in [1.54, 1.807) is 16.8 Å². The summed E-state index contributed by atoms with van der Waals surface area (Å²) < 4.78 is 7.12. The molecule has 0 atom stereocenters. The molecule has 2 N–H and O–H groups in total. The molecule has 0 fully saturated rings. The Morgan fingerprint density at radius 2 is 1.95 bits per heavy atom. The van der Waals surface area contributed by atoms with Crippen molar-refractivity contribution < 1.29 is 4.74 Å². The van der Waals surface area contributed by atoms with Gasteiger partial charge < -0.3 is 10.5 Å². The topological polar surface area (TPSA) is 70.1 Å².